The maximum atomic E-state index is 12.4. The standard InChI is InChI=1S/C18H12N2O2/c19-12-14-8-6-13(7-9-14)10-15-11-17(21)20(18(15)22)16-4-2-1-3-5-16/h1-10H,11H2/b15-10+. The van der Waals surface area contributed by atoms with Crippen molar-refractivity contribution >= 4 is 23.6 Å². The van der Waals surface area contributed by atoms with Crippen LogP contribution in [0.4, 0.5) is 5.69 Å². The van der Waals surface area contributed by atoms with Crippen LogP contribution < -0.4 is 4.90 Å². The minimum Gasteiger partial charge on any atom is -0.274 e. The van der Waals surface area contributed by atoms with Crippen LogP contribution in [0.15, 0.2) is 60.2 Å². The van der Waals surface area contributed by atoms with Gasteiger partial charge in [0.15, 0.2) is 0 Å². The first-order valence-electron chi connectivity index (χ1n) is 6.82. The Hall–Kier alpha value is -3.19. The van der Waals surface area contributed by atoms with Crippen LogP contribution in [0.2, 0.25) is 0 Å². The lowest BCUT2D eigenvalue weighted by atomic mass is 10.1. The Balaban J connectivity index is 1.90. The fraction of sp³-hybridized carbons (Fsp3) is 0.0556. The van der Waals surface area contributed by atoms with Gasteiger partial charge in [-0.15, -0.1) is 0 Å². The molecule has 2 aromatic carbocycles. The molecule has 2 amide bonds. The van der Waals surface area contributed by atoms with E-state index in [0.717, 1.165) is 5.56 Å². The number of carbonyl (C=O) groups excluding carboxylic acids is 2. The number of para-hydroxylation sites is 1. The highest BCUT2D eigenvalue weighted by Crippen LogP contribution is 2.27. The summed E-state index contributed by atoms with van der Waals surface area (Å²) >= 11 is 0. The van der Waals surface area contributed by atoms with Crippen LogP contribution in [0, 0.1) is 11.3 Å². The van der Waals surface area contributed by atoms with Crippen LogP contribution in [0.5, 0.6) is 0 Å². The Bertz CT molecular complexity index is 799. The average molecular weight is 288 g/mol. The summed E-state index contributed by atoms with van der Waals surface area (Å²) in [5, 5.41) is 8.78. The molecule has 3 rings (SSSR count). The fourth-order valence-corrected chi connectivity index (χ4v) is 2.38. The summed E-state index contributed by atoms with van der Waals surface area (Å²) in [4.78, 5) is 25.7. The van der Waals surface area contributed by atoms with Gasteiger partial charge in [-0.25, -0.2) is 4.90 Å². The molecule has 1 aliphatic heterocycles. The molecule has 4 nitrogen and oxygen atoms in total. The molecular formula is C18H12N2O2. The van der Waals surface area contributed by atoms with Gasteiger partial charge in [0.05, 0.1) is 23.7 Å². The lowest BCUT2D eigenvalue weighted by Gasteiger charge is -2.12. The summed E-state index contributed by atoms with van der Waals surface area (Å²) in [5.74, 6) is -0.517. The highest BCUT2D eigenvalue weighted by molar-refractivity contribution is 6.29. The maximum absolute atomic E-state index is 12.4. The molecule has 0 aliphatic carbocycles. The first-order chi connectivity index (χ1) is 10.7. The lowest BCUT2D eigenvalue weighted by molar-refractivity contribution is -0.120. The molecule has 22 heavy (non-hydrogen) atoms. The Morgan fingerprint density at radius 3 is 2.32 bits per heavy atom. The van der Waals surface area contributed by atoms with Crippen LogP contribution >= 0.6 is 0 Å². The molecule has 1 saturated heterocycles. The molecule has 0 N–H and O–H groups in total. The van der Waals surface area contributed by atoms with Gasteiger partial charge in [0.1, 0.15) is 0 Å². The van der Waals surface area contributed by atoms with Crippen LogP contribution in [0.25, 0.3) is 6.08 Å². The Morgan fingerprint density at radius 2 is 1.68 bits per heavy atom. The number of imide groups is 1. The second kappa shape index (κ2) is 5.66. The molecule has 0 radical (unpaired) electrons. The summed E-state index contributed by atoms with van der Waals surface area (Å²) in [7, 11) is 0. The number of rotatable bonds is 2. The zero-order valence-electron chi connectivity index (χ0n) is 11.7. The van der Waals surface area contributed by atoms with Gasteiger partial charge in [0.25, 0.3) is 5.91 Å². The Labute approximate surface area is 127 Å². The summed E-state index contributed by atoms with van der Waals surface area (Å²) < 4.78 is 0. The normalized spacial score (nSPS) is 16.1. The number of hydrogen-bond acceptors (Lipinski definition) is 3. The van der Waals surface area contributed by atoms with E-state index in [1.807, 2.05) is 12.1 Å². The van der Waals surface area contributed by atoms with Crippen molar-refractivity contribution in [2.45, 2.75) is 6.42 Å². The quantitative estimate of drug-likeness (QED) is 0.630. The molecule has 106 valence electrons. The molecule has 4 heteroatoms. The molecule has 0 bridgehead atoms. The number of hydrogen-bond donors (Lipinski definition) is 0. The SMILES string of the molecule is N#Cc1ccc(/C=C2\CC(=O)N(c3ccccc3)C2=O)cc1. The van der Waals surface area contributed by atoms with Crippen molar-refractivity contribution in [3.05, 3.63) is 71.3 Å². The second-order valence-corrected chi connectivity index (χ2v) is 4.95. The summed E-state index contributed by atoms with van der Waals surface area (Å²) in [6.45, 7) is 0. The van der Waals surface area contributed by atoms with Gasteiger partial charge in [-0.05, 0) is 35.9 Å². The van der Waals surface area contributed by atoms with Crippen LogP contribution in [0.1, 0.15) is 17.5 Å². The fourth-order valence-electron chi connectivity index (χ4n) is 2.38. The van der Waals surface area contributed by atoms with Gasteiger partial charge in [0, 0.05) is 5.57 Å². The predicted octanol–water partition coefficient (Wildman–Crippen LogP) is 2.91. The molecule has 1 aliphatic rings. The topological polar surface area (TPSA) is 61.2 Å². The van der Waals surface area contributed by atoms with E-state index in [9.17, 15) is 9.59 Å². The average Bonchev–Trinajstić information content (AvgIpc) is 2.83. The van der Waals surface area contributed by atoms with E-state index in [0.29, 0.717) is 16.8 Å². The van der Waals surface area contributed by atoms with E-state index in [1.165, 1.54) is 4.90 Å². The lowest BCUT2D eigenvalue weighted by Crippen LogP contribution is -2.28. The second-order valence-electron chi connectivity index (χ2n) is 4.95. The summed E-state index contributed by atoms with van der Waals surface area (Å²) in [5.41, 5.74) is 2.39. The van der Waals surface area contributed by atoms with E-state index >= 15 is 0 Å². The first-order valence-corrected chi connectivity index (χ1v) is 6.82. The highest BCUT2D eigenvalue weighted by atomic mass is 16.2. The van der Waals surface area contributed by atoms with E-state index < -0.39 is 0 Å². The zero-order chi connectivity index (χ0) is 15.5. The molecule has 0 saturated carbocycles. The van der Waals surface area contributed by atoms with E-state index in [4.69, 9.17) is 5.26 Å². The van der Waals surface area contributed by atoms with Gasteiger partial charge in [-0.2, -0.15) is 5.26 Å². The van der Waals surface area contributed by atoms with Gasteiger partial charge >= 0.3 is 0 Å². The van der Waals surface area contributed by atoms with E-state index in [2.05, 4.69) is 0 Å². The van der Waals surface area contributed by atoms with Crippen molar-refractivity contribution in [1.29, 1.82) is 5.26 Å². The smallest absolute Gasteiger partial charge is 0.261 e. The Kier molecular flexibility index (Phi) is 3.55. The summed E-state index contributed by atoms with van der Waals surface area (Å²) in [6.07, 6.45) is 1.79. The molecule has 1 heterocycles. The molecule has 1 fully saturated rings. The van der Waals surface area contributed by atoms with Crippen molar-refractivity contribution in [2.75, 3.05) is 4.90 Å². The van der Waals surface area contributed by atoms with Gasteiger partial charge in [-0.3, -0.25) is 9.59 Å². The first kappa shape index (κ1) is 13.8. The van der Waals surface area contributed by atoms with Crippen LogP contribution in [-0.4, -0.2) is 11.8 Å². The van der Waals surface area contributed by atoms with Crippen molar-refractivity contribution in [3.8, 4) is 6.07 Å². The predicted molar refractivity (Wildman–Crippen MR) is 82.7 cm³/mol. The monoisotopic (exact) mass is 288 g/mol. The number of anilines is 1. The van der Waals surface area contributed by atoms with E-state index in [1.54, 1.807) is 54.6 Å². The molecule has 2 aromatic rings. The largest absolute Gasteiger partial charge is 0.274 e. The molecular weight excluding hydrogens is 276 g/mol. The number of nitrogens with zero attached hydrogens (tertiary/aromatic N) is 2. The van der Waals surface area contributed by atoms with Crippen molar-refractivity contribution < 1.29 is 9.59 Å². The molecule has 0 spiro atoms. The molecule has 0 atom stereocenters. The number of amides is 2. The highest BCUT2D eigenvalue weighted by Gasteiger charge is 2.34. The van der Waals surface area contributed by atoms with Crippen molar-refractivity contribution in [1.82, 2.24) is 0 Å². The van der Waals surface area contributed by atoms with Gasteiger partial charge in [-0.1, -0.05) is 30.3 Å². The maximum Gasteiger partial charge on any atom is 0.261 e. The summed E-state index contributed by atoms with van der Waals surface area (Å²) in [6, 6.07) is 17.8. The van der Waals surface area contributed by atoms with Crippen molar-refractivity contribution in [3.63, 3.8) is 0 Å². The van der Waals surface area contributed by atoms with Crippen molar-refractivity contribution in [2.24, 2.45) is 0 Å². The molecule has 0 aromatic heterocycles. The number of nitriles is 1. The minimum atomic E-state index is -0.291. The van der Waals surface area contributed by atoms with Crippen LogP contribution in [0.3, 0.4) is 0 Å². The number of benzene rings is 2. The third kappa shape index (κ3) is 2.52. The third-order valence-corrected chi connectivity index (χ3v) is 3.46. The zero-order valence-corrected chi connectivity index (χ0v) is 11.7. The Morgan fingerprint density at radius 1 is 1.00 bits per heavy atom. The minimum absolute atomic E-state index is 0.0910. The third-order valence-electron chi connectivity index (χ3n) is 3.46. The number of carbonyl (C=O) groups is 2. The van der Waals surface area contributed by atoms with Gasteiger partial charge < -0.3 is 0 Å². The van der Waals surface area contributed by atoms with Crippen LogP contribution in [-0.2, 0) is 9.59 Å². The molecule has 0 unspecified atom stereocenters. The van der Waals surface area contributed by atoms with Gasteiger partial charge in [0.2, 0.25) is 5.91 Å². The van der Waals surface area contributed by atoms with E-state index in [-0.39, 0.29) is 18.2 Å².